The lowest BCUT2D eigenvalue weighted by Gasteiger charge is -2.09. The molecule has 0 aliphatic carbocycles. The highest BCUT2D eigenvalue weighted by Crippen LogP contribution is 2.27. The lowest BCUT2D eigenvalue weighted by Crippen LogP contribution is -1.89. The summed E-state index contributed by atoms with van der Waals surface area (Å²) in [5.41, 5.74) is 3.65. The molecule has 1 N–H and O–H groups in total. The molecule has 0 amide bonds. The molecule has 2 aromatic rings. The fourth-order valence-corrected chi connectivity index (χ4v) is 1.96. The van der Waals surface area contributed by atoms with Gasteiger partial charge in [-0.1, -0.05) is 49.7 Å². The Labute approximate surface area is 96.4 Å². The van der Waals surface area contributed by atoms with Gasteiger partial charge in [0.25, 0.3) is 0 Å². The molecule has 2 rings (SSSR count). The van der Waals surface area contributed by atoms with Crippen LogP contribution in [0.3, 0.4) is 0 Å². The predicted molar refractivity (Wildman–Crippen MR) is 67.5 cm³/mol. The van der Waals surface area contributed by atoms with Crippen molar-refractivity contribution < 1.29 is 5.11 Å². The minimum atomic E-state index is 0.350. The fraction of sp³-hybridized carbons (Fsp3) is 0.200. The van der Waals surface area contributed by atoms with Gasteiger partial charge in [0, 0.05) is 0 Å². The highest BCUT2D eigenvalue weighted by molar-refractivity contribution is 5.68. The Hall–Kier alpha value is -1.76. The smallest absolute Gasteiger partial charge is 0.115 e. The molecule has 0 radical (unpaired) electrons. The Morgan fingerprint density at radius 2 is 1.75 bits per heavy atom. The number of benzene rings is 2. The number of hydrogen-bond acceptors (Lipinski definition) is 1. The van der Waals surface area contributed by atoms with E-state index in [0.717, 1.165) is 12.8 Å². The number of aryl methyl sites for hydroxylation is 1. The van der Waals surface area contributed by atoms with Crippen LogP contribution < -0.4 is 0 Å². The van der Waals surface area contributed by atoms with E-state index in [1.165, 1.54) is 16.7 Å². The maximum absolute atomic E-state index is 9.51. The second-order valence-electron chi connectivity index (χ2n) is 3.96. The van der Waals surface area contributed by atoms with Crippen molar-refractivity contribution in [3.05, 3.63) is 54.1 Å². The second-order valence-corrected chi connectivity index (χ2v) is 3.96. The third-order valence-electron chi connectivity index (χ3n) is 2.69. The van der Waals surface area contributed by atoms with Gasteiger partial charge in [-0.05, 0) is 35.2 Å². The molecule has 0 fully saturated rings. The van der Waals surface area contributed by atoms with Gasteiger partial charge in [-0.2, -0.15) is 0 Å². The molecule has 0 aliphatic heterocycles. The van der Waals surface area contributed by atoms with Crippen molar-refractivity contribution in [3.8, 4) is 16.9 Å². The number of rotatable bonds is 3. The topological polar surface area (TPSA) is 20.2 Å². The van der Waals surface area contributed by atoms with Gasteiger partial charge in [0.05, 0.1) is 0 Å². The summed E-state index contributed by atoms with van der Waals surface area (Å²) < 4.78 is 0. The summed E-state index contributed by atoms with van der Waals surface area (Å²) in [6.45, 7) is 2.15. The van der Waals surface area contributed by atoms with E-state index in [9.17, 15) is 5.11 Å². The number of phenolic OH excluding ortho intramolecular Hbond substituents is 1. The van der Waals surface area contributed by atoms with Gasteiger partial charge in [0.2, 0.25) is 0 Å². The first-order valence-electron chi connectivity index (χ1n) is 5.68. The van der Waals surface area contributed by atoms with Crippen molar-refractivity contribution in [1.82, 2.24) is 0 Å². The Morgan fingerprint density at radius 3 is 2.44 bits per heavy atom. The van der Waals surface area contributed by atoms with E-state index in [2.05, 4.69) is 19.1 Å². The first-order valence-corrected chi connectivity index (χ1v) is 5.68. The Bertz CT molecular complexity index is 460. The number of aromatic hydroxyl groups is 1. The molecule has 0 aromatic heterocycles. The van der Waals surface area contributed by atoms with Gasteiger partial charge >= 0.3 is 0 Å². The zero-order chi connectivity index (χ0) is 11.4. The molecule has 16 heavy (non-hydrogen) atoms. The lowest BCUT2D eigenvalue weighted by molar-refractivity contribution is 0.474. The predicted octanol–water partition coefficient (Wildman–Crippen LogP) is 4.01. The molecule has 1 heteroatoms. The molecular formula is C15H16O. The first-order chi connectivity index (χ1) is 7.81. The van der Waals surface area contributed by atoms with E-state index in [4.69, 9.17) is 0 Å². The van der Waals surface area contributed by atoms with E-state index in [-0.39, 0.29) is 0 Å². The molecule has 0 unspecified atom stereocenters. The van der Waals surface area contributed by atoms with E-state index < -0.39 is 0 Å². The number of hydrogen-bond donors (Lipinski definition) is 1. The third kappa shape index (κ3) is 2.25. The molecule has 0 saturated heterocycles. The quantitative estimate of drug-likeness (QED) is 0.815. The summed E-state index contributed by atoms with van der Waals surface area (Å²) in [5, 5.41) is 9.51. The molecule has 1 nitrogen and oxygen atoms in total. The Kier molecular flexibility index (Phi) is 3.25. The standard InChI is InChI=1S/C15H16O/c1-2-6-13-11-14(16)9-10-15(13)12-7-4-3-5-8-12/h3-5,7-11,16H,2,6H2,1H3. The SMILES string of the molecule is CCCc1cc(O)ccc1-c1ccccc1. The largest absolute Gasteiger partial charge is 0.508 e. The summed E-state index contributed by atoms with van der Waals surface area (Å²) in [6, 6.07) is 15.9. The summed E-state index contributed by atoms with van der Waals surface area (Å²) in [6.07, 6.45) is 2.09. The summed E-state index contributed by atoms with van der Waals surface area (Å²) in [7, 11) is 0. The molecular weight excluding hydrogens is 196 g/mol. The monoisotopic (exact) mass is 212 g/mol. The molecule has 0 aliphatic rings. The minimum Gasteiger partial charge on any atom is -0.508 e. The first kappa shape index (κ1) is 10.7. The maximum atomic E-state index is 9.51. The van der Waals surface area contributed by atoms with Crippen LogP contribution >= 0.6 is 0 Å². The summed E-state index contributed by atoms with van der Waals surface area (Å²) >= 11 is 0. The van der Waals surface area contributed by atoms with Crippen LogP contribution in [-0.4, -0.2) is 5.11 Å². The summed E-state index contributed by atoms with van der Waals surface area (Å²) in [4.78, 5) is 0. The molecule has 0 bridgehead atoms. The van der Waals surface area contributed by atoms with E-state index in [1.54, 1.807) is 6.07 Å². The van der Waals surface area contributed by atoms with Gasteiger partial charge in [-0.25, -0.2) is 0 Å². The highest BCUT2D eigenvalue weighted by atomic mass is 16.3. The van der Waals surface area contributed by atoms with Crippen LogP contribution in [0.2, 0.25) is 0 Å². The van der Waals surface area contributed by atoms with Crippen LogP contribution in [0.5, 0.6) is 5.75 Å². The van der Waals surface area contributed by atoms with Crippen molar-refractivity contribution in [2.24, 2.45) is 0 Å². The maximum Gasteiger partial charge on any atom is 0.115 e. The summed E-state index contributed by atoms with van der Waals surface area (Å²) in [5.74, 6) is 0.350. The van der Waals surface area contributed by atoms with Crippen molar-refractivity contribution in [1.29, 1.82) is 0 Å². The molecule has 2 aromatic carbocycles. The van der Waals surface area contributed by atoms with Crippen molar-refractivity contribution in [3.63, 3.8) is 0 Å². The van der Waals surface area contributed by atoms with Gasteiger partial charge in [-0.15, -0.1) is 0 Å². The van der Waals surface area contributed by atoms with E-state index in [0.29, 0.717) is 5.75 Å². The fourth-order valence-electron chi connectivity index (χ4n) is 1.96. The molecule has 82 valence electrons. The van der Waals surface area contributed by atoms with Crippen molar-refractivity contribution in [2.75, 3.05) is 0 Å². The van der Waals surface area contributed by atoms with Gasteiger partial charge in [-0.3, -0.25) is 0 Å². The Morgan fingerprint density at radius 1 is 1.00 bits per heavy atom. The average Bonchev–Trinajstić information content (AvgIpc) is 2.31. The zero-order valence-electron chi connectivity index (χ0n) is 9.48. The number of phenols is 1. The molecule has 0 atom stereocenters. The van der Waals surface area contributed by atoms with E-state index in [1.807, 2.05) is 30.3 Å². The molecule has 0 heterocycles. The minimum absolute atomic E-state index is 0.350. The molecule has 0 spiro atoms. The zero-order valence-corrected chi connectivity index (χ0v) is 9.48. The van der Waals surface area contributed by atoms with Crippen LogP contribution in [0.15, 0.2) is 48.5 Å². The lowest BCUT2D eigenvalue weighted by atomic mass is 9.97. The normalized spacial score (nSPS) is 10.3. The van der Waals surface area contributed by atoms with Crippen LogP contribution in [0.25, 0.3) is 11.1 Å². The van der Waals surface area contributed by atoms with Crippen molar-refractivity contribution >= 4 is 0 Å². The Balaban J connectivity index is 2.48. The van der Waals surface area contributed by atoms with Gasteiger partial charge in [0.1, 0.15) is 5.75 Å². The van der Waals surface area contributed by atoms with Crippen LogP contribution in [0, 0.1) is 0 Å². The average molecular weight is 212 g/mol. The van der Waals surface area contributed by atoms with Crippen LogP contribution in [0.4, 0.5) is 0 Å². The molecule has 0 saturated carbocycles. The highest BCUT2D eigenvalue weighted by Gasteiger charge is 2.04. The van der Waals surface area contributed by atoms with E-state index >= 15 is 0 Å². The van der Waals surface area contributed by atoms with Crippen molar-refractivity contribution in [2.45, 2.75) is 19.8 Å². The van der Waals surface area contributed by atoms with Gasteiger partial charge in [0.15, 0.2) is 0 Å². The van der Waals surface area contributed by atoms with Crippen LogP contribution in [-0.2, 0) is 6.42 Å². The second kappa shape index (κ2) is 4.84. The van der Waals surface area contributed by atoms with Crippen LogP contribution in [0.1, 0.15) is 18.9 Å². The third-order valence-corrected chi connectivity index (χ3v) is 2.69. The van der Waals surface area contributed by atoms with Gasteiger partial charge < -0.3 is 5.11 Å².